The molecule has 0 radical (unpaired) electrons. The minimum atomic E-state index is -0.260. The molecule has 0 saturated heterocycles. The molecule has 3 aromatic rings. The molecule has 1 aromatic heterocycles. The number of benzene rings is 2. The minimum absolute atomic E-state index is 0.260. The van der Waals surface area contributed by atoms with E-state index in [-0.39, 0.29) is 5.82 Å². The van der Waals surface area contributed by atoms with Crippen molar-refractivity contribution in [1.29, 1.82) is 0 Å². The number of aromatic nitrogens is 1. The predicted octanol–water partition coefficient (Wildman–Crippen LogP) is 4.07. The molecule has 0 aliphatic heterocycles. The molecule has 19 heavy (non-hydrogen) atoms. The van der Waals surface area contributed by atoms with Crippen molar-refractivity contribution in [2.24, 2.45) is 0 Å². The van der Waals surface area contributed by atoms with Crippen LogP contribution in [0.4, 0.5) is 21.5 Å². The van der Waals surface area contributed by atoms with Crippen molar-refractivity contribution < 1.29 is 4.39 Å². The highest BCUT2D eigenvalue weighted by molar-refractivity contribution is 7.18. The van der Waals surface area contributed by atoms with Crippen LogP contribution in [0.5, 0.6) is 0 Å². The number of nitrogen functional groups attached to an aromatic ring is 1. The van der Waals surface area contributed by atoms with Gasteiger partial charge in [0.2, 0.25) is 0 Å². The van der Waals surface area contributed by atoms with Crippen LogP contribution in [0, 0.1) is 12.7 Å². The Bertz CT molecular complexity index is 734. The first kappa shape index (κ1) is 11.9. The van der Waals surface area contributed by atoms with Gasteiger partial charge in [0.05, 0.1) is 26.6 Å². The molecule has 0 spiro atoms. The molecule has 5 heteroatoms. The Morgan fingerprint density at radius 2 is 1.95 bits per heavy atom. The van der Waals surface area contributed by atoms with Gasteiger partial charge in [-0.1, -0.05) is 0 Å². The molecular weight excluding hydrogens is 261 g/mol. The highest BCUT2D eigenvalue weighted by Crippen LogP contribution is 2.31. The van der Waals surface area contributed by atoms with Crippen molar-refractivity contribution in [3.05, 3.63) is 47.2 Å². The van der Waals surface area contributed by atoms with Gasteiger partial charge in [0, 0.05) is 5.69 Å². The van der Waals surface area contributed by atoms with Crippen LogP contribution in [0.1, 0.15) is 5.01 Å². The highest BCUT2D eigenvalue weighted by atomic mass is 32.1. The average molecular weight is 273 g/mol. The summed E-state index contributed by atoms with van der Waals surface area (Å²) < 4.78 is 13.9. The third-order valence-electron chi connectivity index (χ3n) is 2.79. The van der Waals surface area contributed by atoms with E-state index in [9.17, 15) is 4.39 Å². The Balaban J connectivity index is 1.99. The van der Waals surface area contributed by atoms with Crippen LogP contribution in [-0.2, 0) is 0 Å². The number of fused-ring (bicyclic) bond motifs is 1. The lowest BCUT2D eigenvalue weighted by molar-refractivity contribution is 0.628. The van der Waals surface area contributed by atoms with Crippen molar-refractivity contribution in [3.8, 4) is 0 Å². The lowest BCUT2D eigenvalue weighted by atomic mass is 10.2. The van der Waals surface area contributed by atoms with Crippen LogP contribution in [0.25, 0.3) is 10.2 Å². The molecule has 0 aliphatic rings. The monoisotopic (exact) mass is 273 g/mol. The standard InChI is InChI=1S/C14H12FN3S/c1-8-17-13-7-12(11(16)6-14(13)19-8)18-10-4-2-9(15)3-5-10/h2-7,18H,16H2,1H3. The molecule has 1 heterocycles. The van der Waals surface area contributed by atoms with Gasteiger partial charge in [-0.05, 0) is 43.3 Å². The van der Waals surface area contributed by atoms with Gasteiger partial charge in [-0.2, -0.15) is 0 Å². The number of thiazole rings is 1. The summed E-state index contributed by atoms with van der Waals surface area (Å²) in [7, 11) is 0. The molecule has 0 fully saturated rings. The zero-order chi connectivity index (χ0) is 13.4. The summed E-state index contributed by atoms with van der Waals surface area (Å²) in [6.45, 7) is 1.97. The average Bonchev–Trinajstić information content (AvgIpc) is 2.72. The molecule has 3 rings (SSSR count). The first-order valence-corrected chi connectivity index (χ1v) is 6.63. The molecule has 0 aliphatic carbocycles. The van der Waals surface area contributed by atoms with Gasteiger partial charge in [-0.3, -0.25) is 0 Å². The quantitative estimate of drug-likeness (QED) is 0.692. The number of anilines is 3. The second kappa shape index (κ2) is 4.51. The van der Waals surface area contributed by atoms with Crippen molar-refractivity contribution in [3.63, 3.8) is 0 Å². The maximum absolute atomic E-state index is 12.9. The van der Waals surface area contributed by atoms with Crippen LogP contribution in [0.2, 0.25) is 0 Å². The van der Waals surface area contributed by atoms with Crippen molar-refractivity contribution >= 4 is 38.6 Å². The Labute approximate surface area is 113 Å². The first-order valence-electron chi connectivity index (χ1n) is 5.81. The molecule has 3 N–H and O–H groups in total. The number of nitrogens with one attached hydrogen (secondary N) is 1. The Morgan fingerprint density at radius 3 is 2.68 bits per heavy atom. The summed E-state index contributed by atoms with van der Waals surface area (Å²) in [4.78, 5) is 4.43. The van der Waals surface area contributed by atoms with Crippen LogP contribution in [0.15, 0.2) is 36.4 Å². The topological polar surface area (TPSA) is 50.9 Å². The molecule has 0 bridgehead atoms. The number of nitrogens with zero attached hydrogens (tertiary/aromatic N) is 1. The molecular formula is C14H12FN3S. The van der Waals surface area contributed by atoms with E-state index in [1.807, 2.05) is 19.1 Å². The summed E-state index contributed by atoms with van der Waals surface area (Å²) in [5.41, 5.74) is 9.16. The Morgan fingerprint density at radius 1 is 1.21 bits per heavy atom. The smallest absolute Gasteiger partial charge is 0.123 e. The number of halogens is 1. The van der Waals surface area contributed by atoms with Gasteiger partial charge in [-0.25, -0.2) is 9.37 Å². The van der Waals surface area contributed by atoms with Crippen LogP contribution in [0.3, 0.4) is 0 Å². The van der Waals surface area contributed by atoms with Gasteiger partial charge < -0.3 is 11.1 Å². The van der Waals surface area contributed by atoms with Crippen LogP contribution in [-0.4, -0.2) is 4.98 Å². The second-order valence-corrected chi connectivity index (χ2v) is 5.51. The van der Waals surface area contributed by atoms with Crippen molar-refractivity contribution in [2.45, 2.75) is 6.92 Å². The fourth-order valence-electron chi connectivity index (χ4n) is 1.90. The predicted molar refractivity (Wildman–Crippen MR) is 78.5 cm³/mol. The lowest BCUT2D eigenvalue weighted by Gasteiger charge is -2.09. The highest BCUT2D eigenvalue weighted by Gasteiger charge is 2.06. The number of hydrogen-bond acceptors (Lipinski definition) is 4. The molecule has 96 valence electrons. The maximum Gasteiger partial charge on any atom is 0.123 e. The van der Waals surface area contributed by atoms with Crippen molar-refractivity contribution in [1.82, 2.24) is 4.98 Å². The van der Waals surface area contributed by atoms with E-state index in [0.29, 0.717) is 5.69 Å². The number of hydrogen-bond donors (Lipinski definition) is 2. The maximum atomic E-state index is 12.9. The van der Waals surface area contributed by atoms with Gasteiger partial charge in [0.15, 0.2) is 0 Å². The van der Waals surface area contributed by atoms with Crippen molar-refractivity contribution in [2.75, 3.05) is 11.1 Å². The third kappa shape index (κ3) is 2.37. The summed E-state index contributed by atoms with van der Waals surface area (Å²) >= 11 is 1.61. The molecule has 0 amide bonds. The summed E-state index contributed by atoms with van der Waals surface area (Å²) in [6.07, 6.45) is 0. The zero-order valence-electron chi connectivity index (χ0n) is 10.3. The Hall–Kier alpha value is -2.14. The molecule has 0 unspecified atom stereocenters. The van der Waals surface area contributed by atoms with Gasteiger partial charge >= 0.3 is 0 Å². The molecule has 0 atom stereocenters. The van der Waals surface area contributed by atoms with Gasteiger partial charge in [-0.15, -0.1) is 11.3 Å². The fraction of sp³-hybridized carbons (Fsp3) is 0.0714. The second-order valence-electron chi connectivity index (χ2n) is 4.27. The lowest BCUT2D eigenvalue weighted by Crippen LogP contribution is -1.96. The Kier molecular flexibility index (Phi) is 2.83. The van der Waals surface area contributed by atoms with E-state index in [1.165, 1.54) is 12.1 Å². The number of nitrogens with two attached hydrogens (primary N) is 1. The molecule has 2 aromatic carbocycles. The van der Waals surface area contributed by atoms with Crippen LogP contribution >= 0.6 is 11.3 Å². The number of aryl methyl sites for hydroxylation is 1. The van der Waals surface area contributed by atoms with Gasteiger partial charge in [0.25, 0.3) is 0 Å². The third-order valence-corrected chi connectivity index (χ3v) is 3.72. The zero-order valence-corrected chi connectivity index (χ0v) is 11.1. The van der Waals surface area contributed by atoms with Gasteiger partial charge in [0.1, 0.15) is 5.82 Å². The minimum Gasteiger partial charge on any atom is -0.397 e. The fourth-order valence-corrected chi connectivity index (χ4v) is 2.76. The summed E-state index contributed by atoms with van der Waals surface area (Å²) in [6, 6.07) is 9.98. The van der Waals surface area contributed by atoms with E-state index in [0.717, 1.165) is 26.6 Å². The number of rotatable bonds is 2. The van der Waals surface area contributed by atoms with E-state index in [1.54, 1.807) is 23.5 Å². The largest absolute Gasteiger partial charge is 0.397 e. The first-order chi connectivity index (χ1) is 9.11. The van der Waals surface area contributed by atoms with E-state index < -0.39 is 0 Å². The van der Waals surface area contributed by atoms with E-state index in [2.05, 4.69) is 10.3 Å². The van der Waals surface area contributed by atoms with Crippen LogP contribution < -0.4 is 11.1 Å². The van der Waals surface area contributed by atoms with E-state index >= 15 is 0 Å². The van der Waals surface area contributed by atoms with E-state index in [4.69, 9.17) is 5.73 Å². The summed E-state index contributed by atoms with van der Waals surface area (Å²) in [5.74, 6) is -0.260. The summed E-state index contributed by atoms with van der Waals surface area (Å²) in [5, 5.41) is 4.18. The molecule has 3 nitrogen and oxygen atoms in total. The SMILES string of the molecule is Cc1nc2cc(Nc3ccc(F)cc3)c(N)cc2s1. The normalized spacial score (nSPS) is 10.8. The molecule has 0 saturated carbocycles.